The van der Waals surface area contributed by atoms with Gasteiger partial charge in [-0.15, -0.1) is 0 Å². The molecule has 0 spiro atoms. The molecule has 8 heteroatoms. The van der Waals surface area contributed by atoms with Gasteiger partial charge in [0, 0.05) is 6.42 Å². The van der Waals surface area contributed by atoms with Gasteiger partial charge in [0.2, 0.25) is 5.91 Å². The first-order valence-electron chi connectivity index (χ1n) is 10.9. The number of carbonyl (C=O) groups excluding carboxylic acids is 1. The number of amides is 1. The maximum absolute atomic E-state index is 12.4. The topological polar surface area (TPSA) is 107 Å². The Kier molecular flexibility index (Phi) is 7.00. The largest absolute Gasteiger partial charge is 0.395 e. The Hall–Kier alpha value is -2.99. The second-order valence-electron chi connectivity index (χ2n) is 8.02. The van der Waals surface area contributed by atoms with Crippen LogP contribution in [0.2, 0.25) is 0 Å². The van der Waals surface area contributed by atoms with Crippen molar-refractivity contribution in [2.75, 3.05) is 13.2 Å². The van der Waals surface area contributed by atoms with Gasteiger partial charge in [0.15, 0.2) is 0 Å². The highest BCUT2D eigenvalue weighted by Gasteiger charge is 2.23. The van der Waals surface area contributed by atoms with Crippen LogP contribution in [-0.2, 0) is 17.8 Å². The number of hydrogen-bond acceptors (Lipinski definition) is 6. The third-order valence-electron chi connectivity index (χ3n) is 5.82. The summed E-state index contributed by atoms with van der Waals surface area (Å²) in [5.41, 5.74) is 3.80. The lowest BCUT2D eigenvalue weighted by Gasteiger charge is -2.23. The van der Waals surface area contributed by atoms with Crippen molar-refractivity contribution in [3.8, 4) is 17.2 Å². The van der Waals surface area contributed by atoms with Gasteiger partial charge in [0.1, 0.15) is 6.04 Å². The normalized spacial score (nSPS) is 17.1. The highest BCUT2D eigenvalue weighted by atomic mass is 32.1. The molecule has 2 aromatic carbocycles. The van der Waals surface area contributed by atoms with Crippen LogP contribution in [0.3, 0.4) is 0 Å². The summed E-state index contributed by atoms with van der Waals surface area (Å²) in [5.74, 6) is -0.103. The van der Waals surface area contributed by atoms with E-state index in [1.807, 2.05) is 42.5 Å². The first kappa shape index (κ1) is 22.2. The first-order chi connectivity index (χ1) is 15.6. The van der Waals surface area contributed by atoms with Crippen LogP contribution in [0, 0.1) is 11.3 Å². The molecule has 0 radical (unpaired) electrons. The number of aliphatic hydroxyl groups is 1. The maximum atomic E-state index is 12.4. The van der Waals surface area contributed by atoms with E-state index in [2.05, 4.69) is 16.7 Å². The average Bonchev–Trinajstić information content (AvgIpc) is 3.14. The number of nitriles is 1. The van der Waals surface area contributed by atoms with Gasteiger partial charge in [0.25, 0.3) is 0 Å². The number of benzene rings is 2. The molecule has 1 fully saturated rings. The van der Waals surface area contributed by atoms with E-state index in [1.165, 1.54) is 11.3 Å². The quantitative estimate of drug-likeness (QED) is 0.512. The van der Waals surface area contributed by atoms with E-state index in [0.29, 0.717) is 13.0 Å². The zero-order valence-electron chi connectivity index (χ0n) is 17.7. The van der Waals surface area contributed by atoms with Gasteiger partial charge in [-0.1, -0.05) is 48.1 Å². The molecule has 3 aromatic rings. The minimum atomic E-state index is -0.572. The number of fused-ring (bicyclic) bond motifs is 1. The Morgan fingerprint density at radius 1 is 1.25 bits per heavy atom. The van der Waals surface area contributed by atoms with Crippen LogP contribution in [-0.4, -0.2) is 40.8 Å². The van der Waals surface area contributed by atoms with Crippen LogP contribution in [0.5, 0.6) is 0 Å². The molecule has 7 nitrogen and oxygen atoms in total. The summed E-state index contributed by atoms with van der Waals surface area (Å²) >= 11 is 1.17. The zero-order chi connectivity index (χ0) is 22.5. The molecule has 0 aliphatic carbocycles. The standard InChI is InChI=1S/C24H26N4O3S/c25-15-19(27-23(30)20-3-1-2-10-26-20)13-16-4-6-17(7-5-16)18-8-9-21-22(14-18)32-24(31)28(21)11-12-29/h4-9,14,19-20,26,29H,1-3,10-13H2,(H,27,30)/t19-,20?/m0/s1. The Balaban J connectivity index is 1.45. The Morgan fingerprint density at radius 2 is 2.03 bits per heavy atom. The van der Waals surface area contributed by atoms with E-state index in [9.17, 15) is 20.0 Å². The van der Waals surface area contributed by atoms with Gasteiger partial charge in [-0.05, 0) is 48.2 Å². The van der Waals surface area contributed by atoms with Crippen LogP contribution in [0.4, 0.5) is 0 Å². The summed E-state index contributed by atoms with van der Waals surface area (Å²) in [6.07, 6.45) is 3.36. The molecule has 1 aliphatic rings. The molecule has 2 atom stereocenters. The van der Waals surface area contributed by atoms with Gasteiger partial charge >= 0.3 is 4.87 Å². The van der Waals surface area contributed by atoms with Crippen LogP contribution in [0.15, 0.2) is 47.3 Å². The smallest absolute Gasteiger partial charge is 0.308 e. The lowest BCUT2D eigenvalue weighted by atomic mass is 10.00. The minimum Gasteiger partial charge on any atom is -0.395 e. The number of piperidine rings is 1. The number of aromatic nitrogens is 1. The van der Waals surface area contributed by atoms with Crippen molar-refractivity contribution in [2.24, 2.45) is 0 Å². The van der Waals surface area contributed by atoms with Crippen LogP contribution in [0.1, 0.15) is 24.8 Å². The summed E-state index contributed by atoms with van der Waals surface area (Å²) in [5, 5.41) is 24.7. The van der Waals surface area contributed by atoms with Crippen molar-refractivity contribution >= 4 is 27.5 Å². The molecule has 2 heterocycles. The predicted octanol–water partition coefficient (Wildman–Crippen LogP) is 2.42. The molecule has 0 saturated carbocycles. The van der Waals surface area contributed by atoms with E-state index in [1.54, 1.807) is 4.57 Å². The lowest BCUT2D eigenvalue weighted by Crippen LogP contribution is -2.49. The lowest BCUT2D eigenvalue weighted by molar-refractivity contribution is -0.124. The van der Waals surface area contributed by atoms with Crippen molar-refractivity contribution in [1.29, 1.82) is 5.26 Å². The Labute approximate surface area is 190 Å². The molecule has 1 amide bonds. The molecular formula is C24H26N4O3S. The van der Waals surface area contributed by atoms with Gasteiger partial charge in [-0.2, -0.15) is 5.26 Å². The summed E-state index contributed by atoms with van der Waals surface area (Å²) in [6.45, 7) is 1.06. The third-order valence-corrected chi connectivity index (χ3v) is 6.76. The van der Waals surface area contributed by atoms with E-state index < -0.39 is 6.04 Å². The summed E-state index contributed by atoms with van der Waals surface area (Å²) in [4.78, 5) is 24.5. The molecule has 1 aromatic heterocycles. The van der Waals surface area contributed by atoms with Crippen molar-refractivity contribution in [3.63, 3.8) is 0 Å². The SMILES string of the molecule is N#C[C@H](Cc1ccc(-c2ccc3c(c2)sc(=O)n3CCO)cc1)NC(=O)C1CCCCN1. The zero-order valence-corrected chi connectivity index (χ0v) is 18.5. The van der Waals surface area contributed by atoms with Crippen molar-refractivity contribution in [1.82, 2.24) is 15.2 Å². The van der Waals surface area contributed by atoms with Crippen molar-refractivity contribution in [2.45, 2.75) is 44.3 Å². The highest BCUT2D eigenvalue weighted by molar-refractivity contribution is 7.16. The van der Waals surface area contributed by atoms with Crippen molar-refractivity contribution < 1.29 is 9.90 Å². The van der Waals surface area contributed by atoms with Crippen molar-refractivity contribution in [3.05, 3.63) is 57.7 Å². The first-order valence-corrected chi connectivity index (χ1v) is 11.7. The monoisotopic (exact) mass is 450 g/mol. The number of thiazole rings is 1. The van der Waals surface area contributed by atoms with Gasteiger partial charge in [-0.25, -0.2) is 0 Å². The number of carbonyl (C=O) groups is 1. The maximum Gasteiger partial charge on any atom is 0.308 e. The summed E-state index contributed by atoms with van der Waals surface area (Å²) in [7, 11) is 0. The summed E-state index contributed by atoms with van der Waals surface area (Å²) in [6, 6.07) is 15.2. The molecule has 1 unspecified atom stereocenters. The fourth-order valence-corrected chi connectivity index (χ4v) is 5.06. The fourth-order valence-electron chi connectivity index (χ4n) is 4.10. The van der Waals surface area contributed by atoms with E-state index in [4.69, 9.17) is 0 Å². The Morgan fingerprint density at radius 3 is 2.72 bits per heavy atom. The molecule has 4 rings (SSSR count). The van der Waals surface area contributed by atoms with Crippen LogP contribution in [0.25, 0.3) is 21.3 Å². The van der Waals surface area contributed by atoms with E-state index >= 15 is 0 Å². The molecule has 1 aliphatic heterocycles. The predicted molar refractivity (Wildman–Crippen MR) is 125 cm³/mol. The molecular weight excluding hydrogens is 424 g/mol. The van der Waals surface area contributed by atoms with Gasteiger partial charge in [0.05, 0.1) is 35.5 Å². The molecule has 0 bridgehead atoms. The second kappa shape index (κ2) is 10.1. The minimum absolute atomic E-state index is 0.0731. The number of nitrogens with zero attached hydrogens (tertiary/aromatic N) is 2. The molecule has 166 valence electrons. The summed E-state index contributed by atoms with van der Waals surface area (Å²) < 4.78 is 2.47. The van der Waals surface area contributed by atoms with E-state index in [-0.39, 0.29) is 23.4 Å². The number of aliphatic hydroxyl groups excluding tert-OH is 1. The fraction of sp³-hybridized carbons (Fsp3) is 0.375. The molecule has 3 N–H and O–H groups in total. The average molecular weight is 451 g/mol. The molecule has 32 heavy (non-hydrogen) atoms. The number of nitrogens with one attached hydrogen (secondary N) is 2. The second-order valence-corrected chi connectivity index (χ2v) is 9.01. The molecule has 1 saturated heterocycles. The number of hydrogen-bond donors (Lipinski definition) is 3. The third kappa shape index (κ3) is 4.91. The van der Waals surface area contributed by atoms with Gasteiger partial charge in [-0.3, -0.25) is 14.2 Å². The van der Waals surface area contributed by atoms with Crippen LogP contribution >= 0.6 is 11.3 Å². The van der Waals surface area contributed by atoms with E-state index in [0.717, 1.165) is 52.7 Å². The Bertz CT molecular complexity index is 1190. The van der Waals surface area contributed by atoms with Crippen LogP contribution < -0.4 is 15.5 Å². The van der Waals surface area contributed by atoms with Gasteiger partial charge < -0.3 is 15.7 Å². The highest BCUT2D eigenvalue weighted by Crippen LogP contribution is 2.26. The number of rotatable bonds is 7.